The van der Waals surface area contributed by atoms with E-state index in [1.54, 1.807) is 6.20 Å². The maximum Gasteiger partial charge on any atom is 0.321 e. The Kier molecular flexibility index (Phi) is 5.68. The summed E-state index contributed by atoms with van der Waals surface area (Å²) in [6, 6.07) is -0.261. The van der Waals surface area contributed by atoms with E-state index in [1.165, 1.54) is 11.1 Å². The second-order valence-corrected chi connectivity index (χ2v) is 5.30. The normalized spacial score (nSPS) is 15.7. The number of carbonyl (C=O) groups is 2. The maximum absolute atomic E-state index is 11.7. The Balaban J connectivity index is 1.73. The SMILES string of the molecule is NCCc1cn(CC(=O)NC(=O)NC2CCCCC2)nn1. The summed E-state index contributed by atoms with van der Waals surface area (Å²) < 4.78 is 1.40. The lowest BCUT2D eigenvalue weighted by Crippen LogP contribution is -2.46. The molecule has 8 nitrogen and oxygen atoms in total. The molecule has 0 bridgehead atoms. The second kappa shape index (κ2) is 7.72. The molecule has 0 radical (unpaired) electrons. The monoisotopic (exact) mass is 294 g/mol. The molecule has 0 spiro atoms. The van der Waals surface area contributed by atoms with E-state index in [9.17, 15) is 9.59 Å². The largest absolute Gasteiger partial charge is 0.335 e. The molecule has 1 heterocycles. The fourth-order valence-electron chi connectivity index (χ4n) is 2.46. The molecule has 3 amide bonds. The lowest BCUT2D eigenvalue weighted by Gasteiger charge is -2.22. The standard InChI is InChI=1S/C13H22N6O2/c14-7-6-11-8-19(18-17-11)9-12(20)16-13(21)15-10-4-2-1-3-5-10/h8,10H,1-7,9,14H2,(H2,15,16,20,21). The summed E-state index contributed by atoms with van der Waals surface area (Å²) in [4.78, 5) is 23.5. The molecule has 2 rings (SSSR count). The number of amides is 3. The van der Waals surface area contributed by atoms with Crippen molar-refractivity contribution in [2.75, 3.05) is 6.54 Å². The number of urea groups is 1. The third-order valence-corrected chi connectivity index (χ3v) is 3.49. The van der Waals surface area contributed by atoms with Gasteiger partial charge in [-0.1, -0.05) is 24.5 Å². The zero-order chi connectivity index (χ0) is 15.1. The molecule has 1 aliphatic rings. The first-order chi connectivity index (χ1) is 10.2. The number of imide groups is 1. The number of carbonyl (C=O) groups excluding carboxylic acids is 2. The van der Waals surface area contributed by atoms with Gasteiger partial charge in [-0.15, -0.1) is 5.10 Å². The lowest BCUT2D eigenvalue weighted by molar-refractivity contribution is -0.120. The minimum absolute atomic E-state index is 0.0321. The summed E-state index contributed by atoms with van der Waals surface area (Å²) in [6.45, 7) is 0.449. The van der Waals surface area contributed by atoms with Crippen molar-refractivity contribution in [3.05, 3.63) is 11.9 Å². The van der Waals surface area contributed by atoms with Crippen LogP contribution in [0.2, 0.25) is 0 Å². The van der Waals surface area contributed by atoms with Crippen molar-refractivity contribution < 1.29 is 9.59 Å². The van der Waals surface area contributed by atoms with Gasteiger partial charge in [-0.25, -0.2) is 9.48 Å². The lowest BCUT2D eigenvalue weighted by atomic mass is 9.96. The number of aromatic nitrogens is 3. The van der Waals surface area contributed by atoms with Gasteiger partial charge in [0, 0.05) is 18.7 Å². The Morgan fingerprint density at radius 2 is 2.10 bits per heavy atom. The topological polar surface area (TPSA) is 115 Å². The molecule has 1 aromatic heterocycles. The molecule has 1 aliphatic carbocycles. The van der Waals surface area contributed by atoms with Crippen LogP contribution in [0.4, 0.5) is 4.79 Å². The quantitative estimate of drug-likeness (QED) is 0.703. The van der Waals surface area contributed by atoms with Gasteiger partial charge in [-0.05, 0) is 19.4 Å². The van der Waals surface area contributed by atoms with Crippen LogP contribution < -0.4 is 16.4 Å². The highest BCUT2D eigenvalue weighted by Gasteiger charge is 2.17. The molecule has 4 N–H and O–H groups in total. The number of nitrogens with one attached hydrogen (secondary N) is 2. The van der Waals surface area contributed by atoms with Crippen LogP contribution in [-0.2, 0) is 17.8 Å². The van der Waals surface area contributed by atoms with Crippen LogP contribution in [0.3, 0.4) is 0 Å². The molecule has 0 unspecified atom stereocenters. The Bertz CT molecular complexity index is 481. The Morgan fingerprint density at radius 3 is 2.81 bits per heavy atom. The predicted octanol–water partition coefficient (Wildman–Crippen LogP) is -0.0622. The number of hydrogen-bond donors (Lipinski definition) is 3. The minimum atomic E-state index is -0.436. The van der Waals surface area contributed by atoms with E-state index in [1.807, 2.05) is 0 Å². The van der Waals surface area contributed by atoms with E-state index in [0.29, 0.717) is 13.0 Å². The molecule has 21 heavy (non-hydrogen) atoms. The van der Waals surface area contributed by atoms with E-state index in [4.69, 9.17) is 5.73 Å². The summed E-state index contributed by atoms with van der Waals surface area (Å²) in [6.07, 6.45) is 7.70. The highest BCUT2D eigenvalue weighted by atomic mass is 16.2. The fraction of sp³-hybridized carbons (Fsp3) is 0.692. The molecule has 1 aromatic rings. The van der Waals surface area contributed by atoms with Gasteiger partial charge < -0.3 is 11.1 Å². The van der Waals surface area contributed by atoms with Crippen molar-refractivity contribution in [3.8, 4) is 0 Å². The summed E-state index contributed by atoms with van der Waals surface area (Å²) in [5.41, 5.74) is 6.15. The highest BCUT2D eigenvalue weighted by Crippen LogP contribution is 2.17. The van der Waals surface area contributed by atoms with Crippen LogP contribution in [0.5, 0.6) is 0 Å². The Hall–Kier alpha value is -1.96. The van der Waals surface area contributed by atoms with Crippen LogP contribution in [0.15, 0.2) is 6.20 Å². The molecule has 116 valence electrons. The molecule has 0 atom stereocenters. The first kappa shape index (κ1) is 15.4. The van der Waals surface area contributed by atoms with E-state index in [2.05, 4.69) is 20.9 Å². The van der Waals surface area contributed by atoms with Crippen molar-refractivity contribution in [3.63, 3.8) is 0 Å². The van der Waals surface area contributed by atoms with E-state index in [-0.39, 0.29) is 12.6 Å². The first-order valence-corrected chi connectivity index (χ1v) is 7.37. The molecule has 0 aromatic carbocycles. The first-order valence-electron chi connectivity index (χ1n) is 7.37. The Labute approximate surface area is 123 Å². The van der Waals surface area contributed by atoms with Gasteiger partial charge in [0.15, 0.2) is 0 Å². The van der Waals surface area contributed by atoms with E-state index in [0.717, 1.165) is 31.4 Å². The molecule has 1 saturated carbocycles. The Morgan fingerprint density at radius 1 is 1.33 bits per heavy atom. The highest BCUT2D eigenvalue weighted by molar-refractivity contribution is 5.94. The minimum Gasteiger partial charge on any atom is -0.335 e. The maximum atomic E-state index is 11.7. The average Bonchev–Trinajstić information content (AvgIpc) is 2.87. The third kappa shape index (κ3) is 5.14. The fourth-order valence-corrected chi connectivity index (χ4v) is 2.46. The zero-order valence-electron chi connectivity index (χ0n) is 12.0. The number of rotatable bonds is 5. The van der Waals surface area contributed by atoms with Gasteiger partial charge in [0.1, 0.15) is 6.54 Å². The zero-order valence-corrected chi connectivity index (χ0v) is 12.0. The van der Waals surface area contributed by atoms with Crippen molar-refractivity contribution in [1.82, 2.24) is 25.6 Å². The van der Waals surface area contributed by atoms with Crippen molar-refractivity contribution in [1.29, 1.82) is 0 Å². The van der Waals surface area contributed by atoms with Gasteiger partial charge in [-0.2, -0.15) is 0 Å². The number of nitrogens with two attached hydrogens (primary N) is 1. The van der Waals surface area contributed by atoms with Crippen LogP contribution in [0.1, 0.15) is 37.8 Å². The second-order valence-electron chi connectivity index (χ2n) is 5.30. The number of hydrogen-bond acceptors (Lipinski definition) is 5. The van der Waals surface area contributed by atoms with E-state index < -0.39 is 11.9 Å². The summed E-state index contributed by atoms with van der Waals surface area (Å²) in [5.74, 6) is -0.410. The molecule has 8 heteroatoms. The third-order valence-electron chi connectivity index (χ3n) is 3.49. The van der Waals surface area contributed by atoms with Crippen LogP contribution in [0.25, 0.3) is 0 Å². The van der Waals surface area contributed by atoms with Crippen molar-refractivity contribution in [2.24, 2.45) is 5.73 Å². The summed E-state index contributed by atoms with van der Waals surface area (Å²) in [5, 5.41) is 12.8. The van der Waals surface area contributed by atoms with Gasteiger partial charge >= 0.3 is 6.03 Å². The molecule has 1 fully saturated rings. The predicted molar refractivity (Wildman–Crippen MR) is 76.3 cm³/mol. The van der Waals surface area contributed by atoms with Crippen LogP contribution in [0, 0.1) is 0 Å². The van der Waals surface area contributed by atoms with Gasteiger partial charge in [-0.3, -0.25) is 10.1 Å². The van der Waals surface area contributed by atoms with Crippen LogP contribution in [-0.4, -0.2) is 39.5 Å². The smallest absolute Gasteiger partial charge is 0.321 e. The summed E-state index contributed by atoms with van der Waals surface area (Å²) in [7, 11) is 0. The van der Waals surface area contributed by atoms with Crippen molar-refractivity contribution in [2.45, 2.75) is 51.1 Å². The van der Waals surface area contributed by atoms with Crippen LogP contribution >= 0.6 is 0 Å². The number of nitrogens with zero attached hydrogens (tertiary/aromatic N) is 3. The molecular weight excluding hydrogens is 272 g/mol. The van der Waals surface area contributed by atoms with Gasteiger partial charge in [0.2, 0.25) is 5.91 Å². The molecule has 0 saturated heterocycles. The van der Waals surface area contributed by atoms with Crippen molar-refractivity contribution >= 4 is 11.9 Å². The molecule has 0 aliphatic heterocycles. The summed E-state index contributed by atoms with van der Waals surface area (Å²) >= 11 is 0. The average molecular weight is 294 g/mol. The van der Waals surface area contributed by atoms with E-state index >= 15 is 0 Å². The molecular formula is C13H22N6O2. The van der Waals surface area contributed by atoms with Gasteiger partial charge in [0.05, 0.1) is 5.69 Å². The van der Waals surface area contributed by atoms with Gasteiger partial charge in [0.25, 0.3) is 0 Å².